The van der Waals surface area contributed by atoms with Crippen molar-refractivity contribution < 1.29 is 19.1 Å². The molecule has 0 saturated heterocycles. The molecule has 0 aliphatic rings. The minimum Gasteiger partial charge on any atom is -0.478 e. The highest BCUT2D eigenvalue weighted by atomic mass is 16.4. The standard InChI is InChI=1S/C20H25NO4/c1-5-15(16-8-6-13(2)7-9-16)10-19(22)21(4)12-17-11-18(20(23)24)14(3)25-17/h6-9,11,15H,5,10,12H2,1-4H3,(H,23,24). The van der Waals surface area contributed by atoms with Crippen LogP contribution in [0.15, 0.2) is 34.7 Å². The monoisotopic (exact) mass is 343 g/mol. The number of hydrogen-bond donors (Lipinski definition) is 1. The van der Waals surface area contributed by atoms with Gasteiger partial charge in [0.1, 0.15) is 17.1 Å². The summed E-state index contributed by atoms with van der Waals surface area (Å²) in [6.07, 6.45) is 1.30. The van der Waals surface area contributed by atoms with E-state index in [9.17, 15) is 9.59 Å². The molecule has 0 aliphatic heterocycles. The van der Waals surface area contributed by atoms with E-state index in [0.29, 0.717) is 17.9 Å². The molecular weight excluding hydrogens is 318 g/mol. The normalized spacial score (nSPS) is 12.0. The van der Waals surface area contributed by atoms with Gasteiger partial charge in [-0.1, -0.05) is 36.8 Å². The van der Waals surface area contributed by atoms with Crippen molar-refractivity contribution in [2.45, 2.75) is 46.1 Å². The van der Waals surface area contributed by atoms with Gasteiger partial charge in [-0.05, 0) is 37.8 Å². The number of nitrogens with zero attached hydrogens (tertiary/aromatic N) is 1. The Balaban J connectivity index is 2.02. The van der Waals surface area contributed by atoms with Crippen LogP contribution < -0.4 is 0 Å². The number of carboxylic acids is 1. The first-order chi connectivity index (χ1) is 11.8. The molecule has 0 bridgehead atoms. The lowest BCUT2D eigenvalue weighted by atomic mass is 9.92. The third kappa shape index (κ3) is 4.72. The number of carbonyl (C=O) groups excluding carboxylic acids is 1. The predicted molar refractivity (Wildman–Crippen MR) is 95.7 cm³/mol. The molecule has 134 valence electrons. The second-order valence-corrected chi connectivity index (χ2v) is 6.46. The average molecular weight is 343 g/mol. The highest BCUT2D eigenvalue weighted by Crippen LogP contribution is 2.25. The third-order valence-corrected chi connectivity index (χ3v) is 4.48. The molecule has 0 saturated carbocycles. The zero-order chi connectivity index (χ0) is 18.6. The smallest absolute Gasteiger partial charge is 0.339 e. The van der Waals surface area contributed by atoms with Crippen LogP contribution in [0.3, 0.4) is 0 Å². The zero-order valence-corrected chi connectivity index (χ0v) is 15.2. The van der Waals surface area contributed by atoms with Gasteiger partial charge in [0, 0.05) is 13.5 Å². The van der Waals surface area contributed by atoms with Crippen LogP contribution in [0.4, 0.5) is 0 Å². The maximum atomic E-state index is 12.6. The molecule has 1 unspecified atom stereocenters. The van der Waals surface area contributed by atoms with Crippen molar-refractivity contribution in [1.82, 2.24) is 4.90 Å². The molecule has 1 heterocycles. The van der Waals surface area contributed by atoms with E-state index in [4.69, 9.17) is 9.52 Å². The van der Waals surface area contributed by atoms with Gasteiger partial charge in [-0.2, -0.15) is 0 Å². The van der Waals surface area contributed by atoms with E-state index >= 15 is 0 Å². The first-order valence-corrected chi connectivity index (χ1v) is 8.45. The topological polar surface area (TPSA) is 70.8 Å². The molecule has 1 amide bonds. The molecule has 5 heteroatoms. The molecule has 1 N–H and O–H groups in total. The summed E-state index contributed by atoms with van der Waals surface area (Å²) in [6, 6.07) is 9.76. The summed E-state index contributed by atoms with van der Waals surface area (Å²) in [6.45, 7) is 5.99. The van der Waals surface area contributed by atoms with Gasteiger partial charge in [-0.3, -0.25) is 4.79 Å². The Labute approximate surface area is 148 Å². The fourth-order valence-corrected chi connectivity index (χ4v) is 2.86. The van der Waals surface area contributed by atoms with Crippen molar-refractivity contribution in [3.05, 3.63) is 58.5 Å². The largest absolute Gasteiger partial charge is 0.478 e. The van der Waals surface area contributed by atoms with Crippen molar-refractivity contribution in [3.8, 4) is 0 Å². The van der Waals surface area contributed by atoms with Crippen molar-refractivity contribution in [3.63, 3.8) is 0 Å². The summed E-state index contributed by atoms with van der Waals surface area (Å²) in [7, 11) is 1.71. The Morgan fingerprint density at radius 3 is 2.36 bits per heavy atom. The Bertz CT molecular complexity index is 746. The number of carbonyl (C=O) groups is 2. The molecule has 0 aliphatic carbocycles. The Morgan fingerprint density at radius 1 is 1.20 bits per heavy atom. The van der Waals surface area contributed by atoms with Crippen LogP contribution >= 0.6 is 0 Å². The SMILES string of the molecule is CCC(CC(=O)N(C)Cc1cc(C(=O)O)c(C)o1)c1ccc(C)cc1. The van der Waals surface area contributed by atoms with Gasteiger partial charge < -0.3 is 14.4 Å². The molecule has 1 aromatic carbocycles. The lowest BCUT2D eigenvalue weighted by Gasteiger charge is -2.20. The Hall–Kier alpha value is -2.56. The van der Waals surface area contributed by atoms with Crippen molar-refractivity contribution in [2.75, 3.05) is 7.05 Å². The van der Waals surface area contributed by atoms with E-state index in [1.807, 2.05) is 6.92 Å². The molecule has 1 aromatic heterocycles. The molecule has 0 radical (unpaired) electrons. The molecule has 0 fully saturated rings. The van der Waals surface area contributed by atoms with Crippen molar-refractivity contribution in [1.29, 1.82) is 0 Å². The van der Waals surface area contributed by atoms with Crippen molar-refractivity contribution in [2.24, 2.45) is 0 Å². The summed E-state index contributed by atoms with van der Waals surface area (Å²) < 4.78 is 5.45. The number of aryl methyl sites for hydroxylation is 2. The number of rotatable bonds is 7. The number of benzene rings is 1. The van der Waals surface area contributed by atoms with E-state index in [2.05, 4.69) is 31.2 Å². The van der Waals surface area contributed by atoms with Crippen LogP contribution in [0.2, 0.25) is 0 Å². The van der Waals surface area contributed by atoms with Crippen LogP contribution in [0, 0.1) is 13.8 Å². The highest BCUT2D eigenvalue weighted by molar-refractivity contribution is 5.88. The molecule has 25 heavy (non-hydrogen) atoms. The van der Waals surface area contributed by atoms with Gasteiger partial charge in [0.05, 0.1) is 6.54 Å². The van der Waals surface area contributed by atoms with Gasteiger partial charge in [-0.15, -0.1) is 0 Å². The summed E-state index contributed by atoms with van der Waals surface area (Å²) in [5, 5.41) is 9.08. The fourth-order valence-electron chi connectivity index (χ4n) is 2.86. The second-order valence-electron chi connectivity index (χ2n) is 6.46. The van der Waals surface area contributed by atoms with Crippen LogP contribution in [0.1, 0.15) is 58.7 Å². The van der Waals surface area contributed by atoms with Crippen LogP contribution in [0.5, 0.6) is 0 Å². The van der Waals surface area contributed by atoms with E-state index in [1.54, 1.807) is 18.9 Å². The van der Waals surface area contributed by atoms with E-state index in [0.717, 1.165) is 12.0 Å². The Morgan fingerprint density at radius 2 is 1.84 bits per heavy atom. The number of carboxylic acid groups (broad SMARTS) is 1. The minimum absolute atomic E-state index is 0.0124. The first kappa shape index (κ1) is 18.8. The molecule has 1 atom stereocenters. The van der Waals surface area contributed by atoms with Crippen LogP contribution in [-0.4, -0.2) is 28.9 Å². The van der Waals surface area contributed by atoms with Crippen molar-refractivity contribution >= 4 is 11.9 Å². The molecule has 2 aromatic rings. The molecule has 2 rings (SSSR count). The molecule has 0 spiro atoms. The van der Waals surface area contributed by atoms with E-state index in [-0.39, 0.29) is 23.9 Å². The average Bonchev–Trinajstić information content (AvgIpc) is 2.93. The first-order valence-electron chi connectivity index (χ1n) is 8.45. The summed E-state index contributed by atoms with van der Waals surface area (Å²) in [5.74, 6) is -0.00251. The fraction of sp³-hybridized carbons (Fsp3) is 0.400. The van der Waals surface area contributed by atoms with E-state index in [1.165, 1.54) is 11.6 Å². The van der Waals surface area contributed by atoms with Gasteiger partial charge in [0.2, 0.25) is 5.91 Å². The maximum Gasteiger partial charge on any atom is 0.339 e. The number of furan rings is 1. The quantitative estimate of drug-likeness (QED) is 0.820. The summed E-state index contributed by atoms with van der Waals surface area (Å²) >= 11 is 0. The third-order valence-electron chi connectivity index (χ3n) is 4.48. The maximum absolute atomic E-state index is 12.6. The predicted octanol–water partition coefficient (Wildman–Crippen LogP) is 4.14. The molecular formula is C20H25NO4. The molecule has 5 nitrogen and oxygen atoms in total. The van der Waals surface area contributed by atoms with Gasteiger partial charge in [0.25, 0.3) is 0 Å². The lowest BCUT2D eigenvalue weighted by molar-refractivity contribution is -0.131. The van der Waals surface area contributed by atoms with Crippen LogP contribution in [0.25, 0.3) is 0 Å². The van der Waals surface area contributed by atoms with Crippen LogP contribution in [-0.2, 0) is 11.3 Å². The summed E-state index contributed by atoms with van der Waals surface area (Å²) in [4.78, 5) is 25.2. The van der Waals surface area contributed by atoms with E-state index < -0.39 is 5.97 Å². The zero-order valence-electron chi connectivity index (χ0n) is 15.2. The van der Waals surface area contributed by atoms with Gasteiger partial charge in [-0.25, -0.2) is 4.79 Å². The number of amides is 1. The number of hydrogen-bond acceptors (Lipinski definition) is 3. The Kier molecular flexibility index (Phi) is 6.02. The highest BCUT2D eigenvalue weighted by Gasteiger charge is 2.20. The van der Waals surface area contributed by atoms with Gasteiger partial charge >= 0.3 is 5.97 Å². The minimum atomic E-state index is -1.02. The lowest BCUT2D eigenvalue weighted by Crippen LogP contribution is -2.27. The second kappa shape index (κ2) is 8.01. The number of aromatic carboxylic acids is 1. The van der Waals surface area contributed by atoms with Gasteiger partial charge in [0.15, 0.2) is 0 Å². The summed E-state index contributed by atoms with van der Waals surface area (Å²) in [5.41, 5.74) is 2.50.